The fourth-order valence-corrected chi connectivity index (χ4v) is 4.17. The third kappa shape index (κ3) is 9.67. The number of carbonyl (C=O) groups excluding carboxylic acids is 1. The molecule has 2 fully saturated rings. The molecule has 10 nitrogen and oxygen atoms in total. The van der Waals surface area contributed by atoms with E-state index in [2.05, 4.69) is 38.0 Å². The zero-order chi connectivity index (χ0) is 27.1. The number of benzene rings is 2. The van der Waals surface area contributed by atoms with Gasteiger partial charge in [0.2, 0.25) is 0 Å². The number of alkyl halides is 2. The summed E-state index contributed by atoms with van der Waals surface area (Å²) in [6.45, 7) is 4.20. The number of halogens is 3. The summed E-state index contributed by atoms with van der Waals surface area (Å²) in [5.41, 5.74) is 1.10. The molecule has 2 aliphatic rings. The van der Waals surface area contributed by atoms with Gasteiger partial charge < -0.3 is 17.5 Å². The molecule has 40 heavy (non-hydrogen) atoms. The maximum atomic E-state index is 11.3. The molecular weight excluding hydrogens is 587 g/mol. The number of aliphatic hydroxyl groups is 1. The van der Waals surface area contributed by atoms with Crippen LogP contribution in [0.5, 0.6) is 0 Å². The first kappa shape index (κ1) is 33.9. The molecule has 0 spiro atoms. The minimum absolute atomic E-state index is 0. The molecule has 2 heterocycles. The summed E-state index contributed by atoms with van der Waals surface area (Å²) in [4.78, 5) is 10.2. The Morgan fingerprint density at radius 3 is 1.85 bits per heavy atom. The summed E-state index contributed by atoms with van der Waals surface area (Å²) in [5.74, 6) is -0.00327. The Balaban J connectivity index is 0.000000229. The van der Waals surface area contributed by atoms with E-state index >= 15 is 0 Å². The van der Waals surface area contributed by atoms with Crippen LogP contribution in [0.3, 0.4) is 0 Å². The Morgan fingerprint density at radius 2 is 1.43 bits per heavy atom. The van der Waals surface area contributed by atoms with E-state index in [4.69, 9.17) is 23.2 Å². The molecule has 0 saturated heterocycles. The number of aromatic nitrogens is 8. The van der Waals surface area contributed by atoms with Gasteiger partial charge in [-0.15, -0.1) is 45.5 Å². The number of Topliss-reactive ketones (excluding diaryl/α,β-unsaturated/α-hetero) is 1. The van der Waals surface area contributed by atoms with E-state index in [1.165, 1.54) is 22.0 Å². The van der Waals surface area contributed by atoms with Crippen LogP contribution in [0.2, 0.25) is 0 Å². The van der Waals surface area contributed by atoms with Gasteiger partial charge in [0.15, 0.2) is 5.78 Å². The quantitative estimate of drug-likeness (QED) is 0.166. The molecular formula is C26H29Cl3MgN8O2. The van der Waals surface area contributed by atoms with Crippen molar-refractivity contribution in [1.29, 1.82) is 0 Å². The van der Waals surface area contributed by atoms with Crippen molar-refractivity contribution in [3.63, 3.8) is 0 Å². The number of tetrazole rings is 2. The topological polar surface area (TPSA) is 125 Å². The molecule has 14 heteroatoms. The standard InChI is InChI=1S/C13H15ClN4O.C7H7.C6H7ClN4O.ClH.Mg/c14-12(6-7-12)13(19,9-18-10-15-16-17-18)8-11-4-2-1-3-5-11;1-7-5-3-2-4-6-7;7-6(1-2-6)5(12)3-11-4-8-9-10-11;;/h1-5,10,19H,6-9H2;2-6H,1H2;4H,1-3H2;1H;/q;-1;;;+2/p-1. The molecule has 2 aliphatic carbocycles. The summed E-state index contributed by atoms with van der Waals surface area (Å²) >= 11 is 12.4. The number of hydrogen-bond donors (Lipinski definition) is 1. The van der Waals surface area contributed by atoms with Gasteiger partial charge in [-0.1, -0.05) is 36.4 Å². The van der Waals surface area contributed by atoms with Crippen LogP contribution in [0, 0.1) is 6.92 Å². The molecule has 1 unspecified atom stereocenters. The van der Waals surface area contributed by atoms with E-state index in [0.29, 0.717) is 13.0 Å². The molecule has 0 radical (unpaired) electrons. The first-order valence-corrected chi connectivity index (χ1v) is 12.9. The van der Waals surface area contributed by atoms with E-state index in [9.17, 15) is 9.90 Å². The van der Waals surface area contributed by atoms with E-state index in [-0.39, 0.29) is 47.8 Å². The summed E-state index contributed by atoms with van der Waals surface area (Å²) in [6.07, 6.45) is 6.58. The van der Waals surface area contributed by atoms with E-state index in [1.54, 1.807) is 0 Å². The first-order chi connectivity index (χ1) is 18.2. The number of ketones is 1. The number of carbonyl (C=O) groups is 1. The Labute approximate surface area is 265 Å². The predicted octanol–water partition coefficient (Wildman–Crippen LogP) is -0.0761. The molecule has 2 aromatic carbocycles. The summed E-state index contributed by atoms with van der Waals surface area (Å²) in [6, 6.07) is 19.7. The number of rotatable bonds is 8. The monoisotopic (exact) mass is 614 g/mol. The van der Waals surface area contributed by atoms with Crippen LogP contribution in [0.1, 0.15) is 36.8 Å². The second-order valence-corrected chi connectivity index (χ2v) is 11.0. The van der Waals surface area contributed by atoms with Gasteiger partial charge >= 0.3 is 23.1 Å². The molecule has 0 amide bonds. The van der Waals surface area contributed by atoms with Crippen LogP contribution in [-0.4, -0.2) is 89.7 Å². The third-order valence-corrected chi connectivity index (χ3v) is 7.72. The molecule has 1 N–H and O–H groups in total. The van der Waals surface area contributed by atoms with Crippen molar-refractivity contribution in [2.75, 3.05) is 0 Å². The zero-order valence-electron chi connectivity index (χ0n) is 21.9. The fourth-order valence-electron chi connectivity index (χ4n) is 3.79. The van der Waals surface area contributed by atoms with Crippen molar-refractivity contribution in [1.82, 2.24) is 40.4 Å². The van der Waals surface area contributed by atoms with E-state index in [1.807, 2.05) is 60.7 Å². The van der Waals surface area contributed by atoms with Crippen molar-refractivity contribution >= 4 is 52.0 Å². The maximum absolute atomic E-state index is 11.3. The van der Waals surface area contributed by atoms with Crippen LogP contribution >= 0.6 is 23.2 Å². The average molecular weight is 616 g/mol. The smallest absolute Gasteiger partial charge is 1.00 e. The normalized spacial score (nSPS) is 16.7. The second-order valence-electron chi connectivity index (χ2n) is 9.55. The molecule has 0 bridgehead atoms. The molecule has 2 saturated carbocycles. The third-order valence-electron chi connectivity index (χ3n) is 6.41. The Morgan fingerprint density at radius 1 is 0.900 bits per heavy atom. The molecule has 2 aromatic heterocycles. The van der Waals surface area contributed by atoms with Gasteiger partial charge in [-0.2, -0.15) is 24.6 Å². The van der Waals surface area contributed by atoms with Gasteiger partial charge in [0.25, 0.3) is 0 Å². The van der Waals surface area contributed by atoms with Gasteiger partial charge in [0.1, 0.15) is 29.7 Å². The molecule has 1 atom stereocenters. The van der Waals surface area contributed by atoms with Crippen molar-refractivity contribution in [2.45, 2.75) is 60.5 Å². The summed E-state index contributed by atoms with van der Waals surface area (Å²) in [7, 11) is 0. The molecule has 6 rings (SSSR count). The van der Waals surface area contributed by atoms with Crippen LogP contribution in [0.25, 0.3) is 0 Å². The van der Waals surface area contributed by atoms with Crippen molar-refractivity contribution in [3.05, 3.63) is 91.4 Å². The van der Waals surface area contributed by atoms with Gasteiger partial charge in [0.05, 0.1) is 11.4 Å². The van der Waals surface area contributed by atoms with Gasteiger partial charge in [-0.3, -0.25) is 4.79 Å². The van der Waals surface area contributed by atoms with Crippen LogP contribution in [-0.2, 0) is 24.3 Å². The van der Waals surface area contributed by atoms with E-state index in [0.717, 1.165) is 36.8 Å². The Bertz CT molecular complexity index is 1280. The minimum atomic E-state index is -1.04. The van der Waals surface area contributed by atoms with Gasteiger partial charge in [-0.05, 0) is 52.1 Å². The predicted molar refractivity (Wildman–Crippen MR) is 148 cm³/mol. The summed E-state index contributed by atoms with van der Waals surface area (Å²) in [5, 5.41) is 32.4. The van der Waals surface area contributed by atoms with Gasteiger partial charge in [-0.25, -0.2) is 9.36 Å². The fraction of sp³-hybridized carbons (Fsp3) is 0.385. The van der Waals surface area contributed by atoms with Crippen molar-refractivity contribution < 1.29 is 22.3 Å². The van der Waals surface area contributed by atoms with Gasteiger partial charge in [0, 0.05) is 6.42 Å². The minimum Gasteiger partial charge on any atom is -1.00 e. The molecule has 4 aromatic rings. The Hall–Kier alpha value is -2.28. The molecule has 0 aliphatic heterocycles. The SMILES string of the molecule is O=C(Cn1cnnn1)C1(Cl)CC1.OC(Cc1ccccc1)(Cn1cnnn1)C1(Cl)CC1.[CH2-]c1ccccc1.[Cl-].[Mg+2]. The Kier molecular flexibility index (Phi) is 12.8. The maximum Gasteiger partial charge on any atom is 2.00 e. The molecule has 208 valence electrons. The summed E-state index contributed by atoms with van der Waals surface area (Å²) < 4.78 is 2.91. The number of nitrogens with zero attached hydrogens (tertiary/aromatic N) is 8. The van der Waals surface area contributed by atoms with E-state index < -0.39 is 15.3 Å². The largest absolute Gasteiger partial charge is 2.00 e. The van der Waals surface area contributed by atoms with Crippen molar-refractivity contribution in [3.8, 4) is 0 Å². The average Bonchev–Trinajstić information content (AvgIpc) is 3.69. The van der Waals surface area contributed by atoms with Crippen LogP contribution in [0.4, 0.5) is 0 Å². The van der Waals surface area contributed by atoms with Crippen molar-refractivity contribution in [2.24, 2.45) is 0 Å². The number of hydrogen-bond acceptors (Lipinski definition) is 8. The van der Waals surface area contributed by atoms with Crippen LogP contribution in [0.15, 0.2) is 73.3 Å². The first-order valence-electron chi connectivity index (χ1n) is 12.2. The zero-order valence-corrected chi connectivity index (χ0v) is 25.5. The van der Waals surface area contributed by atoms with Crippen LogP contribution < -0.4 is 12.4 Å². The second kappa shape index (κ2) is 15.1.